The van der Waals surface area contributed by atoms with Crippen LogP contribution in [0.1, 0.15) is 297 Å². The van der Waals surface area contributed by atoms with Gasteiger partial charge in [-0.15, -0.1) is 0 Å². The molecule has 6 nitrogen and oxygen atoms in total. The lowest BCUT2D eigenvalue weighted by atomic mass is 10.1. The average molecular weight is 1080 g/mol. The zero-order valence-electron chi connectivity index (χ0n) is 50.9. The van der Waals surface area contributed by atoms with Gasteiger partial charge >= 0.3 is 17.9 Å². The standard InChI is InChI=1S/C72H120O6/c1-4-7-10-13-16-19-22-25-28-31-34-35-36-37-39-41-44-47-50-53-56-59-62-65-71(74)77-68-69(67-76-70(73)64-61-58-55-52-49-46-43-40-33-30-27-24-21-18-15-12-9-6-3)78-72(75)66-63-60-57-54-51-48-45-42-38-32-29-26-23-20-17-14-11-8-5-2/h7,10,16,19,21,24-26,28-30,33-35,37,39,44,47,53,56,69H,4-6,8-9,11-15,17-18,20,22-23,27,31-32,36,38,40-43,45-46,48-52,54-55,57-68H2,1-3H3/b10-7-,19-16-,24-21-,28-25-,29-26-,33-30-,35-34-,39-37-,47-44-,56-53-. The van der Waals surface area contributed by atoms with Crippen molar-refractivity contribution in [3.05, 3.63) is 122 Å². The summed E-state index contributed by atoms with van der Waals surface area (Å²) < 4.78 is 16.9. The molecule has 0 aliphatic rings. The summed E-state index contributed by atoms with van der Waals surface area (Å²) in [5.74, 6) is -0.968. The zero-order valence-corrected chi connectivity index (χ0v) is 50.9. The summed E-state index contributed by atoms with van der Waals surface area (Å²) in [6.45, 7) is 6.47. The molecule has 0 aromatic carbocycles. The minimum Gasteiger partial charge on any atom is -0.462 e. The Balaban J connectivity index is 4.50. The van der Waals surface area contributed by atoms with Crippen molar-refractivity contribution in [3.63, 3.8) is 0 Å². The fourth-order valence-corrected chi connectivity index (χ4v) is 8.81. The molecule has 444 valence electrons. The molecule has 0 fully saturated rings. The largest absolute Gasteiger partial charge is 0.462 e. The van der Waals surface area contributed by atoms with Crippen molar-refractivity contribution in [1.82, 2.24) is 0 Å². The highest BCUT2D eigenvalue weighted by molar-refractivity contribution is 5.71. The van der Waals surface area contributed by atoms with Gasteiger partial charge in [0.25, 0.3) is 0 Å². The first kappa shape index (κ1) is 73.8. The lowest BCUT2D eigenvalue weighted by Crippen LogP contribution is -2.30. The summed E-state index contributed by atoms with van der Waals surface area (Å²) in [5.41, 5.74) is 0. The Morgan fingerprint density at radius 1 is 0.269 bits per heavy atom. The third kappa shape index (κ3) is 62.7. The molecule has 0 aliphatic carbocycles. The molecule has 6 heteroatoms. The van der Waals surface area contributed by atoms with Crippen molar-refractivity contribution in [2.75, 3.05) is 13.2 Å². The molecule has 0 aliphatic heterocycles. The molecule has 0 N–H and O–H groups in total. The van der Waals surface area contributed by atoms with Crippen LogP contribution in [-0.2, 0) is 28.6 Å². The topological polar surface area (TPSA) is 78.9 Å². The van der Waals surface area contributed by atoms with Crippen LogP contribution in [0, 0.1) is 0 Å². The van der Waals surface area contributed by atoms with Crippen molar-refractivity contribution >= 4 is 17.9 Å². The Labute approximate surface area is 482 Å². The van der Waals surface area contributed by atoms with E-state index in [2.05, 4.69) is 142 Å². The van der Waals surface area contributed by atoms with Crippen LogP contribution in [0.2, 0.25) is 0 Å². The van der Waals surface area contributed by atoms with Crippen LogP contribution in [0.5, 0.6) is 0 Å². The Kier molecular flexibility index (Phi) is 61.8. The van der Waals surface area contributed by atoms with E-state index in [0.717, 1.165) is 103 Å². The fourth-order valence-electron chi connectivity index (χ4n) is 8.81. The Morgan fingerprint density at radius 2 is 0.513 bits per heavy atom. The minimum absolute atomic E-state index is 0.103. The van der Waals surface area contributed by atoms with E-state index in [0.29, 0.717) is 19.3 Å². The van der Waals surface area contributed by atoms with E-state index in [1.54, 1.807) is 0 Å². The fraction of sp³-hybridized carbons (Fsp3) is 0.681. The molecule has 0 amide bonds. The molecule has 0 aromatic heterocycles. The van der Waals surface area contributed by atoms with Crippen LogP contribution in [0.4, 0.5) is 0 Å². The minimum atomic E-state index is -0.811. The smallest absolute Gasteiger partial charge is 0.306 e. The number of esters is 3. The number of carbonyl (C=O) groups excluding carboxylic acids is 3. The summed E-state index contributed by atoms with van der Waals surface area (Å²) >= 11 is 0. The van der Waals surface area contributed by atoms with Crippen LogP contribution in [0.25, 0.3) is 0 Å². The van der Waals surface area contributed by atoms with Crippen LogP contribution >= 0.6 is 0 Å². The third-order valence-corrected chi connectivity index (χ3v) is 13.7. The highest BCUT2D eigenvalue weighted by Crippen LogP contribution is 2.15. The van der Waals surface area contributed by atoms with Crippen molar-refractivity contribution in [1.29, 1.82) is 0 Å². The molecule has 0 radical (unpaired) electrons. The first-order valence-corrected chi connectivity index (χ1v) is 32.5. The molecule has 0 rings (SSSR count). The number of allylic oxidation sites excluding steroid dienone is 20. The van der Waals surface area contributed by atoms with E-state index in [4.69, 9.17) is 14.2 Å². The lowest BCUT2D eigenvalue weighted by Gasteiger charge is -2.18. The molecule has 0 saturated carbocycles. The maximum absolute atomic E-state index is 12.9. The van der Waals surface area contributed by atoms with Crippen LogP contribution in [-0.4, -0.2) is 37.2 Å². The van der Waals surface area contributed by atoms with Gasteiger partial charge in [0.05, 0.1) is 0 Å². The van der Waals surface area contributed by atoms with Crippen molar-refractivity contribution in [3.8, 4) is 0 Å². The normalized spacial score (nSPS) is 12.9. The van der Waals surface area contributed by atoms with Gasteiger partial charge in [-0.3, -0.25) is 14.4 Å². The summed E-state index contributed by atoms with van der Waals surface area (Å²) in [6, 6.07) is 0. The van der Waals surface area contributed by atoms with Gasteiger partial charge in [-0.25, -0.2) is 0 Å². The van der Waals surface area contributed by atoms with E-state index in [9.17, 15) is 14.4 Å². The van der Waals surface area contributed by atoms with Crippen molar-refractivity contribution in [2.45, 2.75) is 303 Å². The number of carbonyl (C=O) groups is 3. The molecule has 78 heavy (non-hydrogen) atoms. The Hall–Kier alpha value is -4.19. The predicted octanol–water partition coefficient (Wildman–Crippen LogP) is 22.4. The Morgan fingerprint density at radius 3 is 0.859 bits per heavy atom. The van der Waals surface area contributed by atoms with Gasteiger partial charge in [-0.1, -0.05) is 271 Å². The van der Waals surface area contributed by atoms with E-state index >= 15 is 0 Å². The molecule has 1 atom stereocenters. The van der Waals surface area contributed by atoms with Crippen LogP contribution in [0.15, 0.2) is 122 Å². The van der Waals surface area contributed by atoms with E-state index in [-0.39, 0.29) is 37.5 Å². The van der Waals surface area contributed by atoms with Gasteiger partial charge in [0.1, 0.15) is 13.2 Å². The third-order valence-electron chi connectivity index (χ3n) is 13.7. The van der Waals surface area contributed by atoms with Gasteiger partial charge in [0, 0.05) is 19.3 Å². The van der Waals surface area contributed by atoms with Gasteiger partial charge in [-0.2, -0.15) is 0 Å². The number of hydrogen-bond acceptors (Lipinski definition) is 6. The lowest BCUT2D eigenvalue weighted by molar-refractivity contribution is -0.167. The molecule has 1 unspecified atom stereocenters. The first-order valence-electron chi connectivity index (χ1n) is 32.5. The predicted molar refractivity (Wildman–Crippen MR) is 339 cm³/mol. The van der Waals surface area contributed by atoms with E-state index in [1.807, 2.05) is 0 Å². The maximum atomic E-state index is 12.9. The second kappa shape index (κ2) is 65.3. The Bertz CT molecular complexity index is 1620. The summed E-state index contributed by atoms with van der Waals surface area (Å²) in [5, 5.41) is 0. The van der Waals surface area contributed by atoms with Crippen molar-refractivity contribution < 1.29 is 28.6 Å². The molecular weight excluding hydrogens is 961 g/mol. The SMILES string of the molecule is CC/C=C\C/C=C\C/C=C\C/C=C\C/C=C\C/C=C\C/C=C\CCCC(=O)OCC(COC(=O)CCCCCCCCC/C=C\C/C=C\CCCCCC)OC(=O)CCCCCCCCCCC/C=C\CCCCCCCC. The number of rotatable bonds is 58. The van der Waals surface area contributed by atoms with Gasteiger partial charge in [-0.05, 0) is 128 Å². The van der Waals surface area contributed by atoms with E-state index < -0.39 is 6.10 Å². The van der Waals surface area contributed by atoms with Crippen molar-refractivity contribution in [2.24, 2.45) is 0 Å². The molecule has 0 spiro atoms. The van der Waals surface area contributed by atoms with Gasteiger partial charge < -0.3 is 14.2 Å². The number of ether oxygens (including phenoxy) is 3. The highest BCUT2D eigenvalue weighted by atomic mass is 16.6. The molecular formula is C72H120O6. The summed E-state index contributed by atoms with van der Waals surface area (Å²) in [6.07, 6.45) is 90.6. The average Bonchev–Trinajstić information content (AvgIpc) is 3.44. The molecule has 0 heterocycles. The number of unbranched alkanes of at least 4 members (excludes halogenated alkanes) is 27. The molecule has 0 saturated heterocycles. The second-order valence-corrected chi connectivity index (χ2v) is 21.3. The first-order chi connectivity index (χ1) is 38.5. The highest BCUT2D eigenvalue weighted by Gasteiger charge is 2.19. The monoisotopic (exact) mass is 1080 g/mol. The summed E-state index contributed by atoms with van der Waals surface area (Å²) in [7, 11) is 0. The second-order valence-electron chi connectivity index (χ2n) is 21.3. The van der Waals surface area contributed by atoms with Gasteiger partial charge in [0.2, 0.25) is 0 Å². The molecule has 0 bridgehead atoms. The van der Waals surface area contributed by atoms with Gasteiger partial charge in [0.15, 0.2) is 6.10 Å². The van der Waals surface area contributed by atoms with E-state index in [1.165, 1.54) is 148 Å². The van der Waals surface area contributed by atoms with Crippen LogP contribution in [0.3, 0.4) is 0 Å². The number of hydrogen-bond donors (Lipinski definition) is 0. The van der Waals surface area contributed by atoms with Crippen LogP contribution < -0.4 is 0 Å². The molecule has 0 aromatic rings. The maximum Gasteiger partial charge on any atom is 0.306 e. The quantitative estimate of drug-likeness (QED) is 0.0261. The zero-order chi connectivity index (χ0) is 56.4. The summed E-state index contributed by atoms with van der Waals surface area (Å²) in [4.78, 5) is 38.4.